The van der Waals surface area contributed by atoms with Crippen LogP contribution < -0.4 is 5.32 Å². The highest BCUT2D eigenvalue weighted by atomic mass is 35.5. The minimum Gasteiger partial charge on any atom is -0.319 e. The SMILES string of the molecule is Cc1ccc(-c2nc(C(=O)Nc3ccc(Cl)c(Cl)c3)nn2-c2ccccc2)cc1. The summed E-state index contributed by atoms with van der Waals surface area (Å²) in [5.41, 5.74) is 3.32. The van der Waals surface area contributed by atoms with Gasteiger partial charge in [-0.1, -0.05) is 71.2 Å². The number of aryl methyl sites for hydroxylation is 1. The van der Waals surface area contributed by atoms with Crippen LogP contribution in [0.25, 0.3) is 17.1 Å². The highest BCUT2D eigenvalue weighted by molar-refractivity contribution is 6.42. The summed E-state index contributed by atoms with van der Waals surface area (Å²) >= 11 is 12.0. The van der Waals surface area contributed by atoms with Crippen LogP contribution in [0.3, 0.4) is 0 Å². The van der Waals surface area contributed by atoms with Crippen molar-refractivity contribution in [3.05, 3.63) is 94.2 Å². The number of benzene rings is 3. The molecule has 1 heterocycles. The summed E-state index contributed by atoms with van der Waals surface area (Å²) in [6.45, 7) is 2.02. The average Bonchev–Trinajstić information content (AvgIpc) is 3.18. The maximum atomic E-state index is 12.8. The van der Waals surface area contributed by atoms with Crippen LogP contribution in [0.15, 0.2) is 72.8 Å². The predicted molar refractivity (Wildman–Crippen MR) is 116 cm³/mol. The zero-order chi connectivity index (χ0) is 20.4. The second kappa shape index (κ2) is 8.07. The molecule has 1 aromatic heterocycles. The van der Waals surface area contributed by atoms with Gasteiger partial charge in [0.1, 0.15) is 0 Å². The lowest BCUT2D eigenvalue weighted by atomic mass is 10.1. The monoisotopic (exact) mass is 422 g/mol. The summed E-state index contributed by atoms with van der Waals surface area (Å²) in [6, 6.07) is 22.3. The summed E-state index contributed by atoms with van der Waals surface area (Å²) < 4.78 is 1.66. The Kier molecular flexibility index (Phi) is 5.34. The summed E-state index contributed by atoms with van der Waals surface area (Å²) in [6.07, 6.45) is 0. The van der Waals surface area contributed by atoms with E-state index in [9.17, 15) is 4.79 Å². The van der Waals surface area contributed by atoms with Gasteiger partial charge in [0.25, 0.3) is 5.91 Å². The third kappa shape index (κ3) is 4.16. The van der Waals surface area contributed by atoms with E-state index in [0.29, 0.717) is 21.6 Å². The minimum atomic E-state index is -0.438. The van der Waals surface area contributed by atoms with E-state index in [-0.39, 0.29) is 5.82 Å². The molecule has 0 atom stereocenters. The van der Waals surface area contributed by atoms with Crippen LogP contribution in [0.1, 0.15) is 16.2 Å². The topological polar surface area (TPSA) is 59.8 Å². The highest BCUT2D eigenvalue weighted by Gasteiger charge is 2.19. The Morgan fingerprint density at radius 3 is 2.34 bits per heavy atom. The van der Waals surface area contributed by atoms with Crippen LogP contribution in [-0.2, 0) is 0 Å². The number of halogens is 2. The molecule has 1 N–H and O–H groups in total. The number of nitrogens with zero attached hydrogens (tertiary/aromatic N) is 3. The maximum Gasteiger partial charge on any atom is 0.295 e. The van der Waals surface area contributed by atoms with Gasteiger partial charge >= 0.3 is 0 Å². The first-order chi connectivity index (χ1) is 14.0. The summed E-state index contributed by atoms with van der Waals surface area (Å²) in [5, 5.41) is 7.98. The smallest absolute Gasteiger partial charge is 0.295 e. The first-order valence-corrected chi connectivity index (χ1v) is 9.63. The molecule has 4 aromatic rings. The van der Waals surface area contributed by atoms with Crippen molar-refractivity contribution in [2.75, 3.05) is 5.32 Å². The molecule has 1 amide bonds. The lowest BCUT2D eigenvalue weighted by molar-refractivity contribution is 0.101. The fraction of sp³-hybridized carbons (Fsp3) is 0.0455. The fourth-order valence-corrected chi connectivity index (χ4v) is 3.11. The number of aromatic nitrogens is 3. The lowest BCUT2D eigenvalue weighted by Crippen LogP contribution is -2.14. The highest BCUT2D eigenvalue weighted by Crippen LogP contribution is 2.26. The Balaban J connectivity index is 1.73. The van der Waals surface area contributed by atoms with Gasteiger partial charge in [0.2, 0.25) is 5.82 Å². The van der Waals surface area contributed by atoms with Crippen LogP contribution in [0, 0.1) is 6.92 Å². The number of carbonyl (C=O) groups is 1. The van der Waals surface area contributed by atoms with Gasteiger partial charge < -0.3 is 5.32 Å². The van der Waals surface area contributed by atoms with E-state index in [1.165, 1.54) is 0 Å². The Labute approximate surface area is 177 Å². The summed E-state index contributed by atoms with van der Waals surface area (Å²) in [7, 11) is 0. The molecule has 0 bridgehead atoms. The Morgan fingerprint density at radius 1 is 0.931 bits per heavy atom. The fourth-order valence-electron chi connectivity index (χ4n) is 2.81. The van der Waals surface area contributed by atoms with Crippen molar-refractivity contribution in [2.45, 2.75) is 6.92 Å². The quantitative estimate of drug-likeness (QED) is 0.451. The van der Waals surface area contributed by atoms with Crippen molar-refractivity contribution in [1.82, 2.24) is 14.8 Å². The van der Waals surface area contributed by atoms with Gasteiger partial charge in [0.05, 0.1) is 15.7 Å². The Hall–Kier alpha value is -3.15. The van der Waals surface area contributed by atoms with Gasteiger partial charge in [-0.2, -0.15) is 0 Å². The van der Waals surface area contributed by atoms with E-state index in [1.54, 1.807) is 22.9 Å². The third-order valence-corrected chi connectivity index (χ3v) is 5.04. The van der Waals surface area contributed by atoms with Crippen molar-refractivity contribution in [3.63, 3.8) is 0 Å². The van der Waals surface area contributed by atoms with Crippen molar-refractivity contribution in [1.29, 1.82) is 0 Å². The van der Waals surface area contributed by atoms with Gasteiger partial charge in [0.15, 0.2) is 5.82 Å². The summed E-state index contributed by atoms with van der Waals surface area (Å²) in [4.78, 5) is 17.3. The summed E-state index contributed by atoms with van der Waals surface area (Å²) in [5.74, 6) is 0.192. The molecule has 144 valence electrons. The molecule has 0 radical (unpaired) electrons. The number of hydrogen-bond acceptors (Lipinski definition) is 3. The van der Waals surface area contributed by atoms with Gasteiger partial charge in [-0.05, 0) is 37.3 Å². The van der Waals surface area contributed by atoms with Crippen LogP contribution in [0.4, 0.5) is 5.69 Å². The van der Waals surface area contributed by atoms with Gasteiger partial charge in [-0.25, -0.2) is 9.67 Å². The molecule has 0 saturated carbocycles. The predicted octanol–water partition coefficient (Wildman–Crippen LogP) is 5.80. The average molecular weight is 423 g/mol. The van der Waals surface area contributed by atoms with Crippen molar-refractivity contribution < 1.29 is 4.79 Å². The number of carbonyl (C=O) groups excluding carboxylic acids is 1. The van der Waals surface area contributed by atoms with E-state index < -0.39 is 5.91 Å². The largest absolute Gasteiger partial charge is 0.319 e. The molecular weight excluding hydrogens is 407 g/mol. The standard InChI is InChI=1S/C22H16Cl2N4O/c1-14-7-9-15(10-8-14)21-26-20(27-28(21)17-5-3-2-4-6-17)22(29)25-16-11-12-18(23)19(24)13-16/h2-13H,1H3,(H,25,29). The first-order valence-electron chi connectivity index (χ1n) is 8.87. The molecule has 0 aliphatic carbocycles. The zero-order valence-corrected chi connectivity index (χ0v) is 16.9. The first kappa shape index (κ1) is 19.2. The number of hydrogen-bond donors (Lipinski definition) is 1. The van der Waals surface area contributed by atoms with Crippen LogP contribution in [0.2, 0.25) is 10.0 Å². The maximum absolute atomic E-state index is 12.8. The van der Waals surface area contributed by atoms with Crippen LogP contribution >= 0.6 is 23.2 Å². The minimum absolute atomic E-state index is 0.0514. The molecule has 4 rings (SSSR count). The van der Waals surface area contributed by atoms with Crippen LogP contribution in [0.5, 0.6) is 0 Å². The molecular formula is C22H16Cl2N4O. The molecule has 0 aliphatic heterocycles. The number of para-hydroxylation sites is 1. The third-order valence-electron chi connectivity index (χ3n) is 4.30. The van der Waals surface area contributed by atoms with Gasteiger partial charge in [-0.3, -0.25) is 4.79 Å². The van der Waals surface area contributed by atoms with E-state index >= 15 is 0 Å². The lowest BCUT2D eigenvalue weighted by Gasteiger charge is -2.05. The van der Waals surface area contributed by atoms with E-state index in [4.69, 9.17) is 23.2 Å². The number of nitrogens with one attached hydrogen (secondary N) is 1. The second-order valence-electron chi connectivity index (χ2n) is 6.46. The molecule has 3 aromatic carbocycles. The van der Waals surface area contributed by atoms with Gasteiger partial charge in [0, 0.05) is 11.3 Å². The molecule has 29 heavy (non-hydrogen) atoms. The van der Waals surface area contributed by atoms with Gasteiger partial charge in [-0.15, -0.1) is 5.10 Å². The van der Waals surface area contributed by atoms with E-state index in [2.05, 4.69) is 15.4 Å². The molecule has 5 nitrogen and oxygen atoms in total. The van der Waals surface area contributed by atoms with E-state index in [1.807, 2.05) is 61.5 Å². The zero-order valence-electron chi connectivity index (χ0n) is 15.4. The van der Waals surface area contributed by atoms with Crippen molar-refractivity contribution >= 4 is 34.8 Å². The van der Waals surface area contributed by atoms with Crippen molar-refractivity contribution in [2.24, 2.45) is 0 Å². The number of rotatable bonds is 4. The molecule has 7 heteroatoms. The second-order valence-corrected chi connectivity index (χ2v) is 7.27. The Morgan fingerprint density at radius 2 is 1.66 bits per heavy atom. The van der Waals surface area contributed by atoms with E-state index in [0.717, 1.165) is 16.8 Å². The molecule has 0 saturated heterocycles. The van der Waals surface area contributed by atoms with Crippen molar-refractivity contribution in [3.8, 4) is 17.1 Å². The normalized spacial score (nSPS) is 10.7. The molecule has 0 fully saturated rings. The Bertz CT molecular complexity index is 1170. The number of amides is 1. The molecule has 0 unspecified atom stereocenters. The van der Waals surface area contributed by atoms with Crippen LogP contribution in [-0.4, -0.2) is 20.7 Å². The number of anilines is 1. The molecule has 0 aliphatic rings. The molecule has 0 spiro atoms.